The largest absolute Gasteiger partial charge is 0.0616 e. The van der Waals surface area contributed by atoms with Gasteiger partial charge in [-0.25, -0.2) is 0 Å². The third-order valence-corrected chi connectivity index (χ3v) is 4.77. The quantitative estimate of drug-likeness (QED) is 0.264. The van der Waals surface area contributed by atoms with Crippen LogP contribution in [0.1, 0.15) is 44.5 Å². The van der Waals surface area contributed by atoms with Gasteiger partial charge in [0.15, 0.2) is 0 Å². The van der Waals surface area contributed by atoms with E-state index in [0.717, 1.165) is 22.3 Å². The van der Waals surface area contributed by atoms with Crippen molar-refractivity contribution in [3.05, 3.63) is 142 Å². The first-order valence-corrected chi connectivity index (χ1v) is 10.8. The Bertz CT molecular complexity index is 1110. The molecule has 0 aliphatic carbocycles. The van der Waals surface area contributed by atoms with Crippen LogP contribution in [-0.4, -0.2) is 0 Å². The first-order valence-electron chi connectivity index (χ1n) is 10.8. The lowest BCUT2D eigenvalue weighted by atomic mass is 10.1. The van der Waals surface area contributed by atoms with Crippen LogP contribution in [0.4, 0.5) is 0 Å². The first kappa shape index (κ1) is 22.7. The molecule has 4 aromatic rings. The Labute approximate surface area is 193 Å². The summed E-state index contributed by atoms with van der Waals surface area (Å²) in [6.07, 6.45) is 0. The lowest BCUT2D eigenvalue weighted by Gasteiger charge is -1.94. The maximum atomic E-state index is 3.18. The molecule has 0 aliphatic rings. The molecule has 4 aromatic carbocycles. The van der Waals surface area contributed by atoms with Gasteiger partial charge in [0.25, 0.3) is 0 Å². The van der Waals surface area contributed by atoms with E-state index in [2.05, 4.69) is 99.9 Å². The molecule has 156 valence electrons. The zero-order valence-electron chi connectivity index (χ0n) is 19.2. The summed E-state index contributed by atoms with van der Waals surface area (Å²) >= 11 is 0. The van der Waals surface area contributed by atoms with Crippen molar-refractivity contribution in [3.63, 3.8) is 0 Å². The molecular weight excluding hydrogens is 384 g/mol. The fourth-order valence-electron chi connectivity index (χ4n) is 3.18. The summed E-state index contributed by atoms with van der Waals surface area (Å²) in [5.74, 6) is 12.7. The molecule has 0 atom stereocenters. The molecule has 0 fully saturated rings. The highest BCUT2D eigenvalue weighted by atomic mass is 13.9. The van der Waals surface area contributed by atoms with Gasteiger partial charge in [-0.05, 0) is 98.5 Å². The molecule has 0 heteroatoms. The van der Waals surface area contributed by atoms with E-state index in [1.807, 2.05) is 48.5 Å². The molecule has 0 N–H and O–H groups in total. The molecule has 0 saturated carbocycles. The van der Waals surface area contributed by atoms with Gasteiger partial charge in [-0.3, -0.25) is 0 Å². The fraction of sp³-hybridized carbons (Fsp3) is 0.125. The summed E-state index contributed by atoms with van der Waals surface area (Å²) in [4.78, 5) is 0. The third-order valence-electron chi connectivity index (χ3n) is 4.77. The fourth-order valence-corrected chi connectivity index (χ4v) is 3.18. The molecule has 0 amide bonds. The van der Waals surface area contributed by atoms with Gasteiger partial charge in [0, 0.05) is 22.3 Å². The molecule has 0 aromatic heterocycles. The highest BCUT2D eigenvalue weighted by Gasteiger charge is 1.90. The monoisotopic (exact) mass is 412 g/mol. The predicted molar refractivity (Wildman–Crippen MR) is 137 cm³/mol. The second-order valence-electron chi connectivity index (χ2n) is 7.98. The molecule has 0 nitrogen and oxygen atoms in total. The second kappa shape index (κ2) is 11.4. The predicted octanol–water partition coefficient (Wildman–Crippen LogP) is 7.41. The summed E-state index contributed by atoms with van der Waals surface area (Å²) in [5.41, 5.74) is 9.27. The van der Waals surface area contributed by atoms with Crippen LogP contribution in [0.25, 0.3) is 0 Å². The lowest BCUT2D eigenvalue weighted by Crippen LogP contribution is -1.78. The summed E-state index contributed by atoms with van der Waals surface area (Å²) in [5, 5.41) is 0. The Balaban J connectivity index is 0.000000181. The lowest BCUT2D eigenvalue weighted by molar-refractivity contribution is 1.45. The van der Waals surface area contributed by atoms with Crippen LogP contribution in [0.2, 0.25) is 0 Å². The smallest absolute Gasteiger partial charge is 0.0251 e. The van der Waals surface area contributed by atoms with Crippen molar-refractivity contribution in [2.45, 2.75) is 27.7 Å². The first-order chi connectivity index (χ1) is 15.5. The second-order valence-corrected chi connectivity index (χ2v) is 7.98. The van der Waals surface area contributed by atoms with Crippen LogP contribution in [0, 0.1) is 51.4 Å². The zero-order valence-corrected chi connectivity index (χ0v) is 19.2. The maximum Gasteiger partial charge on any atom is 0.0251 e. The summed E-state index contributed by atoms with van der Waals surface area (Å²) < 4.78 is 0. The van der Waals surface area contributed by atoms with E-state index in [0.29, 0.717) is 0 Å². The normalized spacial score (nSPS) is 9.38. The van der Waals surface area contributed by atoms with Crippen molar-refractivity contribution < 1.29 is 0 Å². The molecule has 0 bridgehead atoms. The third kappa shape index (κ3) is 7.68. The Hall–Kier alpha value is -4.00. The van der Waals surface area contributed by atoms with Gasteiger partial charge in [-0.15, -0.1) is 0 Å². The van der Waals surface area contributed by atoms with Crippen LogP contribution in [-0.2, 0) is 0 Å². The van der Waals surface area contributed by atoms with Gasteiger partial charge >= 0.3 is 0 Å². The zero-order chi connectivity index (χ0) is 22.8. The highest BCUT2D eigenvalue weighted by Crippen LogP contribution is 2.06. The van der Waals surface area contributed by atoms with E-state index in [-0.39, 0.29) is 0 Å². The minimum Gasteiger partial charge on any atom is -0.0616 e. The molecule has 0 heterocycles. The highest BCUT2D eigenvalue weighted by molar-refractivity contribution is 5.45. The summed E-state index contributed by atoms with van der Waals surface area (Å²) in [7, 11) is 0. The van der Waals surface area contributed by atoms with E-state index in [9.17, 15) is 0 Å². The van der Waals surface area contributed by atoms with Gasteiger partial charge in [-0.1, -0.05) is 72.2 Å². The van der Waals surface area contributed by atoms with Crippen LogP contribution < -0.4 is 0 Å². The molecular formula is C32H28. The van der Waals surface area contributed by atoms with Gasteiger partial charge in [0.1, 0.15) is 0 Å². The summed E-state index contributed by atoms with van der Waals surface area (Å²) in [6.45, 7) is 8.32. The van der Waals surface area contributed by atoms with Crippen molar-refractivity contribution in [2.24, 2.45) is 0 Å². The van der Waals surface area contributed by atoms with Gasteiger partial charge in [0.2, 0.25) is 0 Å². The topological polar surface area (TPSA) is 0 Å². The van der Waals surface area contributed by atoms with Gasteiger partial charge in [-0.2, -0.15) is 0 Å². The Morgan fingerprint density at radius 3 is 0.750 bits per heavy atom. The van der Waals surface area contributed by atoms with E-state index < -0.39 is 0 Å². The standard InChI is InChI=1S/2C16H14/c2*1-13-5-3-7-15(11-13)9-10-16-8-4-6-14(2)12-16/h2*3-8,11-12H,1-2H3. The van der Waals surface area contributed by atoms with Gasteiger partial charge < -0.3 is 0 Å². The Kier molecular flexibility index (Phi) is 8.09. The van der Waals surface area contributed by atoms with Gasteiger partial charge in [0.05, 0.1) is 0 Å². The van der Waals surface area contributed by atoms with Crippen LogP contribution in [0.15, 0.2) is 97.1 Å². The van der Waals surface area contributed by atoms with E-state index in [1.54, 1.807) is 0 Å². The summed E-state index contributed by atoms with van der Waals surface area (Å²) in [6, 6.07) is 33.0. The molecule has 0 aliphatic heterocycles. The molecule has 0 spiro atoms. The maximum absolute atomic E-state index is 3.18. The van der Waals surface area contributed by atoms with Crippen LogP contribution in [0.3, 0.4) is 0 Å². The Morgan fingerprint density at radius 2 is 0.562 bits per heavy atom. The number of hydrogen-bond acceptors (Lipinski definition) is 0. The molecule has 0 unspecified atom stereocenters. The number of hydrogen-bond donors (Lipinski definition) is 0. The van der Waals surface area contributed by atoms with Crippen molar-refractivity contribution in [2.75, 3.05) is 0 Å². The van der Waals surface area contributed by atoms with E-state index in [1.165, 1.54) is 22.3 Å². The van der Waals surface area contributed by atoms with Crippen molar-refractivity contribution in [1.82, 2.24) is 0 Å². The van der Waals surface area contributed by atoms with E-state index in [4.69, 9.17) is 0 Å². The molecule has 4 rings (SSSR count). The number of aryl methyl sites for hydroxylation is 4. The Morgan fingerprint density at radius 1 is 0.344 bits per heavy atom. The van der Waals surface area contributed by atoms with Crippen molar-refractivity contribution >= 4 is 0 Å². The molecule has 32 heavy (non-hydrogen) atoms. The number of benzene rings is 4. The minimum absolute atomic E-state index is 1.07. The molecule has 0 radical (unpaired) electrons. The molecule has 0 saturated heterocycles. The SMILES string of the molecule is Cc1cccc(C#Cc2cccc(C)c2)c1.Cc1cccc(C#Cc2cccc(C)c2)c1. The minimum atomic E-state index is 1.07. The van der Waals surface area contributed by atoms with Crippen molar-refractivity contribution in [1.29, 1.82) is 0 Å². The van der Waals surface area contributed by atoms with Crippen molar-refractivity contribution in [3.8, 4) is 23.7 Å². The van der Waals surface area contributed by atoms with Crippen LogP contribution in [0.5, 0.6) is 0 Å². The van der Waals surface area contributed by atoms with E-state index >= 15 is 0 Å². The number of rotatable bonds is 0. The van der Waals surface area contributed by atoms with Crippen LogP contribution >= 0.6 is 0 Å². The average molecular weight is 413 g/mol. The average Bonchev–Trinajstić information content (AvgIpc) is 2.77.